The van der Waals surface area contributed by atoms with E-state index in [1.165, 1.54) is 5.56 Å². The van der Waals surface area contributed by atoms with E-state index in [9.17, 15) is 0 Å². The first kappa shape index (κ1) is 22.5. The molecular formula is C22H25ClN8O3. The SMILES string of the molecule is COc1cc2nnc(-c3cc(C)on3)n2nc1OCc1ccc2c(n1)CCN(C1CNC1)C2.Cl. The van der Waals surface area contributed by atoms with Gasteiger partial charge in [-0.25, -0.2) is 0 Å². The molecule has 2 aliphatic heterocycles. The average Bonchev–Trinajstić information content (AvgIpc) is 3.41. The number of nitrogens with zero attached hydrogens (tertiary/aromatic N) is 7. The first-order valence-electron chi connectivity index (χ1n) is 11.0. The molecule has 0 radical (unpaired) electrons. The molecule has 12 heteroatoms. The second kappa shape index (κ2) is 9.16. The quantitative estimate of drug-likeness (QED) is 0.434. The molecule has 34 heavy (non-hydrogen) atoms. The van der Waals surface area contributed by atoms with Gasteiger partial charge in [0.2, 0.25) is 5.82 Å². The minimum atomic E-state index is 0. The molecule has 6 rings (SSSR count). The molecule has 0 amide bonds. The second-order valence-electron chi connectivity index (χ2n) is 8.36. The summed E-state index contributed by atoms with van der Waals surface area (Å²) in [7, 11) is 1.57. The van der Waals surface area contributed by atoms with Crippen molar-refractivity contribution in [3.63, 3.8) is 0 Å². The summed E-state index contributed by atoms with van der Waals surface area (Å²) in [5.74, 6) is 1.94. The highest BCUT2D eigenvalue weighted by Gasteiger charge is 2.28. The summed E-state index contributed by atoms with van der Waals surface area (Å²) >= 11 is 0. The van der Waals surface area contributed by atoms with E-state index in [0.717, 1.165) is 44.0 Å². The number of ether oxygens (including phenoxy) is 2. The summed E-state index contributed by atoms with van der Waals surface area (Å²) in [5.41, 5.74) is 4.37. The number of nitrogens with one attached hydrogen (secondary N) is 1. The molecule has 1 saturated heterocycles. The highest BCUT2D eigenvalue weighted by molar-refractivity contribution is 5.85. The van der Waals surface area contributed by atoms with Crippen molar-refractivity contribution in [3.05, 3.63) is 47.0 Å². The molecule has 2 aliphatic rings. The highest BCUT2D eigenvalue weighted by atomic mass is 35.5. The van der Waals surface area contributed by atoms with Gasteiger partial charge in [0.1, 0.15) is 12.4 Å². The summed E-state index contributed by atoms with van der Waals surface area (Å²) in [5, 5.41) is 20.3. The molecule has 11 nitrogen and oxygen atoms in total. The Morgan fingerprint density at radius 3 is 2.82 bits per heavy atom. The van der Waals surface area contributed by atoms with Gasteiger partial charge in [-0.3, -0.25) is 9.88 Å². The molecule has 0 saturated carbocycles. The van der Waals surface area contributed by atoms with Crippen LogP contribution in [0.4, 0.5) is 0 Å². The Kier molecular flexibility index (Phi) is 6.07. The Labute approximate surface area is 201 Å². The third kappa shape index (κ3) is 4.06. The fourth-order valence-electron chi connectivity index (χ4n) is 4.23. The lowest BCUT2D eigenvalue weighted by atomic mass is 10.0. The van der Waals surface area contributed by atoms with Gasteiger partial charge in [0.25, 0.3) is 5.88 Å². The van der Waals surface area contributed by atoms with Crippen molar-refractivity contribution in [2.24, 2.45) is 0 Å². The van der Waals surface area contributed by atoms with Crippen LogP contribution in [0.5, 0.6) is 11.6 Å². The zero-order chi connectivity index (χ0) is 22.4. The van der Waals surface area contributed by atoms with Crippen molar-refractivity contribution in [2.75, 3.05) is 26.7 Å². The molecule has 4 aromatic rings. The predicted molar refractivity (Wildman–Crippen MR) is 124 cm³/mol. The first-order chi connectivity index (χ1) is 16.2. The van der Waals surface area contributed by atoms with E-state index in [0.29, 0.717) is 40.6 Å². The van der Waals surface area contributed by atoms with E-state index >= 15 is 0 Å². The molecule has 1 fully saturated rings. The molecule has 4 aromatic heterocycles. The van der Waals surface area contributed by atoms with E-state index in [1.807, 2.05) is 13.0 Å². The molecule has 0 aliphatic carbocycles. The monoisotopic (exact) mass is 484 g/mol. The van der Waals surface area contributed by atoms with Crippen molar-refractivity contribution in [3.8, 4) is 23.1 Å². The zero-order valence-corrected chi connectivity index (χ0v) is 19.7. The first-order valence-corrected chi connectivity index (χ1v) is 11.0. The minimum Gasteiger partial charge on any atom is -0.491 e. The molecule has 178 valence electrons. The van der Waals surface area contributed by atoms with Gasteiger partial charge in [-0.1, -0.05) is 11.2 Å². The predicted octanol–water partition coefficient (Wildman–Crippen LogP) is 1.82. The van der Waals surface area contributed by atoms with Gasteiger partial charge in [-0.2, -0.15) is 4.52 Å². The van der Waals surface area contributed by atoms with Crippen LogP contribution in [0, 0.1) is 6.92 Å². The van der Waals surface area contributed by atoms with Gasteiger partial charge in [0.15, 0.2) is 17.1 Å². The fourth-order valence-corrected chi connectivity index (χ4v) is 4.23. The van der Waals surface area contributed by atoms with Gasteiger partial charge in [-0.05, 0) is 18.6 Å². The fraction of sp³-hybridized carbons (Fsp3) is 0.409. The smallest absolute Gasteiger partial charge is 0.275 e. The molecule has 0 spiro atoms. The number of fused-ring (bicyclic) bond motifs is 2. The standard InChI is InChI=1S/C22H24N8O3.ClH/c1-13-7-18(28-33-13)21-26-25-20-8-19(31-2)22(27-30(20)21)32-12-15-4-3-14-11-29(16-9-23-10-16)6-5-17(14)24-15;/h3-4,7-8,16,23H,5-6,9-12H2,1-2H3;1H. The van der Waals surface area contributed by atoms with Crippen LogP contribution in [0.3, 0.4) is 0 Å². The van der Waals surface area contributed by atoms with Crippen molar-refractivity contribution in [2.45, 2.75) is 32.5 Å². The molecule has 0 aromatic carbocycles. The number of pyridine rings is 1. The van der Waals surface area contributed by atoms with Crippen molar-refractivity contribution < 1.29 is 14.0 Å². The van der Waals surface area contributed by atoms with Crippen molar-refractivity contribution in [1.82, 2.24) is 40.2 Å². The molecule has 6 heterocycles. The third-order valence-electron chi connectivity index (χ3n) is 6.17. The van der Waals surface area contributed by atoms with E-state index in [-0.39, 0.29) is 19.0 Å². The van der Waals surface area contributed by atoms with Crippen molar-refractivity contribution >= 4 is 18.1 Å². The maximum Gasteiger partial charge on any atom is 0.275 e. The van der Waals surface area contributed by atoms with Crippen molar-refractivity contribution in [1.29, 1.82) is 0 Å². The van der Waals surface area contributed by atoms with Gasteiger partial charge in [0, 0.05) is 56.5 Å². The number of methoxy groups -OCH3 is 1. The summed E-state index contributed by atoms with van der Waals surface area (Å²) < 4.78 is 18.2. The van der Waals surface area contributed by atoms with Crippen LogP contribution in [0.2, 0.25) is 0 Å². The molecule has 0 atom stereocenters. The topological polar surface area (TPSA) is 116 Å². The maximum absolute atomic E-state index is 6.03. The lowest BCUT2D eigenvalue weighted by molar-refractivity contribution is 0.130. The number of halogens is 1. The maximum atomic E-state index is 6.03. The van der Waals surface area contributed by atoms with E-state index in [4.69, 9.17) is 19.0 Å². The zero-order valence-electron chi connectivity index (χ0n) is 18.9. The number of aryl methyl sites for hydroxylation is 1. The normalized spacial score (nSPS) is 16.1. The number of rotatable bonds is 6. The molecular weight excluding hydrogens is 460 g/mol. The Hall–Kier alpha value is -3.28. The van der Waals surface area contributed by atoms with Gasteiger partial charge < -0.3 is 19.3 Å². The summed E-state index contributed by atoms with van der Waals surface area (Å²) in [4.78, 5) is 7.39. The van der Waals surface area contributed by atoms with Crippen LogP contribution in [0.25, 0.3) is 17.2 Å². The largest absolute Gasteiger partial charge is 0.491 e. The average molecular weight is 485 g/mol. The Morgan fingerprint density at radius 1 is 1.21 bits per heavy atom. The van der Waals surface area contributed by atoms with E-state index < -0.39 is 0 Å². The summed E-state index contributed by atoms with van der Waals surface area (Å²) in [6.45, 7) is 6.26. The third-order valence-corrected chi connectivity index (χ3v) is 6.17. The lowest BCUT2D eigenvalue weighted by Gasteiger charge is -2.40. The Morgan fingerprint density at radius 2 is 2.09 bits per heavy atom. The van der Waals surface area contributed by atoms with Crippen LogP contribution in [-0.4, -0.2) is 67.6 Å². The van der Waals surface area contributed by atoms with Gasteiger partial charge in [-0.15, -0.1) is 27.7 Å². The Bertz CT molecular complexity index is 1320. The second-order valence-corrected chi connectivity index (χ2v) is 8.36. The number of hydrogen-bond acceptors (Lipinski definition) is 10. The van der Waals surface area contributed by atoms with Crippen LogP contribution in [0.1, 0.15) is 22.7 Å². The van der Waals surface area contributed by atoms with Gasteiger partial charge >= 0.3 is 0 Å². The lowest BCUT2D eigenvalue weighted by Crippen LogP contribution is -2.58. The van der Waals surface area contributed by atoms with Crippen LogP contribution >= 0.6 is 12.4 Å². The van der Waals surface area contributed by atoms with Crippen LogP contribution in [0.15, 0.2) is 28.8 Å². The summed E-state index contributed by atoms with van der Waals surface area (Å²) in [6, 6.07) is 8.35. The molecule has 1 N–H and O–H groups in total. The minimum absolute atomic E-state index is 0. The highest BCUT2D eigenvalue weighted by Crippen LogP contribution is 2.28. The molecule has 0 unspecified atom stereocenters. The number of hydrogen-bond donors (Lipinski definition) is 1. The molecule has 0 bridgehead atoms. The summed E-state index contributed by atoms with van der Waals surface area (Å²) in [6.07, 6.45) is 0.953. The number of aromatic nitrogens is 6. The van der Waals surface area contributed by atoms with Crippen LogP contribution < -0.4 is 14.8 Å². The Balaban J connectivity index is 0.00000241. The van der Waals surface area contributed by atoms with E-state index in [1.54, 1.807) is 23.8 Å². The van der Waals surface area contributed by atoms with Gasteiger partial charge in [0.05, 0.1) is 12.8 Å². The van der Waals surface area contributed by atoms with Crippen LogP contribution in [-0.2, 0) is 19.6 Å². The van der Waals surface area contributed by atoms with E-state index in [2.05, 4.69) is 36.7 Å².